The van der Waals surface area contributed by atoms with E-state index in [1.165, 1.54) is 12.1 Å². The highest BCUT2D eigenvalue weighted by Crippen LogP contribution is 2.28. The van der Waals surface area contributed by atoms with Crippen LogP contribution in [0.5, 0.6) is 0 Å². The molecule has 0 amide bonds. The summed E-state index contributed by atoms with van der Waals surface area (Å²) in [6.07, 6.45) is 1.11. The minimum absolute atomic E-state index is 0.354. The highest BCUT2D eigenvalue weighted by atomic mass is 32.2. The molecule has 0 spiro atoms. The Hall–Kier alpha value is -1.18. The number of halogens is 1. The van der Waals surface area contributed by atoms with Gasteiger partial charge in [-0.25, -0.2) is 17.5 Å². The minimum Gasteiger partial charge on any atom is -0.369 e. The second-order valence-corrected chi connectivity index (χ2v) is 7.52. The molecule has 0 aromatic heterocycles. The summed E-state index contributed by atoms with van der Waals surface area (Å²) in [7, 11) is -3.34. The van der Waals surface area contributed by atoms with Gasteiger partial charge in [0.1, 0.15) is 5.82 Å². The maximum atomic E-state index is 13.6. The van der Waals surface area contributed by atoms with E-state index in [-0.39, 0.29) is 5.82 Å². The molecule has 7 heteroatoms. The molecule has 1 heterocycles. The SMILES string of the molecule is CCN1CCN(c2ccc(F)cc2[C@H](C)NS(C)(=O)=O)CC1. The van der Waals surface area contributed by atoms with E-state index in [1.807, 2.05) is 0 Å². The largest absolute Gasteiger partial charge is 0.369 e. The van der Waals surface area contributed by atoms with Crippen LogP contribution in [0.1, 0.15) is 25.5 Å². The van der Waals surface area contributed by atoms with Crippen molar-refractivity contribution in [1.29, 1.82) is 0 Å². The Morgan fingerprint density at radius 1 is 1.27 bits per heavy atom. The average Bonchev–Trinajstić information content (AvgIpc) is 2.45. The Bertz CT molecular complexity index is 613. The van der Waals surface area contributed by atoms with Crippen LogP contribution in [0.15, 0.2) is 18.2 Å². The number of likely N-dealkylation sites (N-methyl/N-ethyl adjacent to an activating group) is 1. The molecule has 0 radical (unpaired) electrons. The van der Waals surface area contributed by atoms with Gasteiger partial charge in [-0.1, -0.05) is 6.92 Å². The molecule has 124 valence electrons. The molecule has 5 nitrogen and oxygen atoms in total. The molecule has 0 saturated carbocycles. The van der Waals surface area contributed by atoms with Crippen LogP contribution in [0, 0.1) is 5.82 Å². The van der Waals surface area contributed by atoms with E-state index in [1.54, 1.807) is 13.0 Å². The van der Waals surface area contributed by atoms with Crippen molar-refractivity contribution in [3.8, 4) is 0 Å². The normalized spacial score (nSPS) is 18.5. The number of benzene rings is 1. The fourth-order valence-electron chi connectivity index (χ4n) is 2.85. The van der Waals surface area contributed by atoms with Gasteiger partial charge in [0.15, 0.2) is 0 Å². The minimum atomic E-state index is -3.34. The third-order valence-corrected chi connectivity index (χ3v) is 4.79. The molecule has 1 aliphatic heterocycles. The third kappa shape index (κ3) is 4.41. The number of sulfonamides is 1. The van der Waals surface area contributed by atoms with Gasteiger partial charge in [-0.05, 0) is 37.2 Å². The van der Waals surface area contributed by atoms with Crippen molar-refractivity contribution >= 4 is 15.7 Å². The third-order valence-electron chi connectivity index (χ3n) is 4.01. The lowest BCUT2D eigenvalue weighted by molar-refractivity contribution is 0.271. The van der Waals surface area contributed by atoms with Crippen molar-refractivity contribution in [2.45, 2.75) is 19.9 Å². The maximum Gasteiger partial charge on any atom is 0.209 e. The first kappa shape index (κ1) is 17.2. The summed E-state index contributed by atoms with van der Waals surface area (Å²) in [5.74, 6) is -0.354. The van der Waals surface area contributed by atoms with E-state index in [4.69, 9.17) is 0 Å². The van der Waals surface area contributed by atoms with Crippen molar-refractivity contribution in [2.24, 2.45) is 0 Å². The lowest BCUT2D eigenvalue weighted by atomic mass is 10.0. The summed E-state index contributed by atoms with van der Waals surface area (Å²) < 4.78 is 39.0. The lowest BCUT2D eigenvalue weighted by Gasteiger charge is -2.37. The van der Waals surface area contributed by atoms with Gasteiger partial charge in [0.05, 0.1) is 6.26 Å². The molecule has 1 aromatic carbocycles. The van der Waals surface area contributed by atoms with Gasteiger partial charge < -0.3 is 9.80 Å². The number of nitrogens with zero attached hydrogens (tertiary/aromatic N) is 2. The second-order valence-electron chi connectivity index (χ2n) is 5.74. The summed E-state index contributed by atoms with van der Waals surface area (Å²) in [5, 5.41) is 0. The molecule has 1 aliphatic rings. The van der Waals surface area contributed by atoms with Crippen molar-refractivity contribution in [2.75, 3.05) is 43.9 Å². The zero-order valence-electron chi connectivity index (χ0n) is 13.3. The number of rotatable bonds is 5. The van der Waals surface area contributed by atoms with E-state index >= 15 is 0 Å². The Morgan fingerprint density at radius 3 is 2.45 bits per heavy atom. The average molecular weight is 329 g/mol. The van der Waals surface area contributed by atoms with Gasteiger partial charge in [-0.15, -0.1) is 0 Å². The van der Waals surface area contributed by atoms with E-state index in [2.05, 4.69) is 21.4 Å². The Balaban J connectivity index is 2.24. The molecular weight excluding hydrogens is 305 g/mol. The predicted molar refractivity (Wildman–Crippen MR) is 87.1 cm³/mol. The van der Waals surface area contributed by atoms with Crippen LogP contribution in [0.4, 0.5) is 10.1 Å². The van der Waals surface area contributed by atoms with Crippen molar-refractivity contribution < 1.29 is 12.8 Å². The highest BCUT2D eigenvalue weighted by Gasteiger charge is 2.22. The lowest BCUT2D eigenvalue weighted by Crippen LogP contribution is -2.46. The Kier molecular flexibility index (Phi) is 5.41. The fourth-order valence-corrected chi connectivity index (χ4v) is 3.62. The van der Waals surface area contributed by atoms with E-state index in [0.717, 1.165) is 44.7 Å². The second kappa shape index (κ2) is 6.93. The smallest absolute Gasteiger partial charge is 0.209 e. The molecular formula is C15H24FN3O2S. The predicted octanol–water partition coefficient (Wildman–Crippen LogP) is 1.58. The molecule has 1 N–H and O–H groups in total. The first-order valence-electron chi connectivity index (χ1n) is 7.54. The summed E-state index contributed by atoms with van der Waals surface area (Å²) in [4.78, 5) is 4.55. The molecule has 1 aromatic rings. The number of nitrogens with one attached hydrogen (secondary N) is 1. The van der Waals surface area contributed by atoms with Crippen LogP contribution in [-0.4, -0.2) is 52.3 Å². The van der Waals surface area contributed by atoms with Gasteiger partial charge in [0.25, 0.3) is 0 Å². The van der Waals surface area contributed by atoms with Crippen LogP contribution in [0.3, 0.4) is 0 Å². The number of hydrogen-bond donors (Lipinski definition) is 1. The van der Waals surface area contributed by atoms with E-state index in [9.17, 15) is 12.8 Å². The molecule has 0 aliphatic carbocycles. The van der Waals surface area contributed by atoms with Crippen LogP contribution >= 0.6 is 0 Å². The topological polar surface area (TPSA) is 52.6 Å². The Morgan fingerprint density at radius 2 is 1.91 bits per heavy atom. The van der Waals surface area contributed by atoms with Gasteiger partial charge in [-0.3, -0.25) is 0 Å². The zero-order valence-corrected chi connectivity index (χ0v) is 14.2. The summed E-state index contributed by atoms with van der Waals surface area (Å²) >= 11 is 0. The van der Waals surface area contributed by atoms with Crippen molar-refractivity contribution in [3.63, 3.8) is 0 Å². The molecule has 0 bridgehead atoms. The maximum absolute atomic E-state index is 13.6. The fraction of sp³-hybridized carbons (Fsp3) is 0.600. The monoisotopic (exact) mass is 329 g/mol. The van der Waals surface area contributed by atoms with Crippen molar-refractivity contribution in [1.82, 2.24) is 9.62 Å². The standard InChI is InChI=1S/C15H24FN3O2S/c1-4-18-7-9-19(10-8-18)15-6-5-13(16)11-14(15)12(2)17-22(3,20)21/h5-6,11-12,17H,4,7-10H2,1-3H3/t12-/m0/s1. The molecule has 1 fully saturated rings. The number of anilines is 1. The van der Waals surface area contributed by atoms with Gasteiger partial charge in [0.2, 0.25) is 10.0 Å². The molecule has 1 saturated heterocycles. The van der Waals surface area contributed by atoms with Crippen LogP contribution in [0.2, 0.25) is 0 Å². The van der Waals surface area contributed by atoms with E-state index < -0.39 is 16.1 Å². The summed E-state index contributed by atoms with van der Waals surface area (Å²) in [6, 6.07) is 4.12. The molecule has 2 rings (SSSR count). The first-order valence-corrected chi connectivity index (χ1v) is 9.43. The number of hydrogen-bond acceptors (Lipinski definition) is 4. The van der Waals surface area contributed by atoms with Gasteiger partial charge in [0, 0.05) is 37.9 Å². The van der Waals surface area contributed by atoms with Crippen LogP contribution in [-0.2, 0) is 10.0 Å². The Labute approximate surface area is 132 Å². The summed E-state index contributed by atoms with van der Waals surface area (Å²) in [5.41, 5.74) is 1.58. The van der Waals surface area contributed by atoms with Gasteiger partial charge >= 0.3 is 0 Å². The molecule has 0 unspecified atom stereocenters. The molecule has 1 atom stereocenters. The van der Waals surface area contributed by atoms with E-state index in [0.29, 0.717) is 5.56 Å². The number of piperazine rings is 1. The first-order chi connectivity index (χ1) is 10.3. The van der Waals surface area contributed by atoms with Crippen molar-refractivity contribution in [3.05, 3.63) is 29.6 Å². The summed E-state index contributed by atoms with van der Waals surface area (Å²) in [6.45, 7) is 8.54. The highest BCUT2D eigenvalue weighted by molar-refractivity contribution is 7.88. The quantitative estimate of drug-likeness (QED) is 0.891. The van der Waals surface area contributed by atoms with Gasteiger partial charge in [-0.2, -0.15) is 0 Å². The van der Waals surface area contributed by atoms with Crippen LogP contribution in [0.25, 0.3) is 0 Å². The molecule has 22 heavy (non-hydrogen) atoms. The zero-order chi connectivity index (χ0) is 16.3. The van der Waals surface area contributed by atoms with Crippen LogP contribution < -0.4 is 9.62 Å².